The summed E-state index contributed by atoms with van der Waals surface area (Å²) in [5.74, 6) is -1.17. The van der Waals surface area contributed by atoms with E-state index in [1.54, 1.807) is 6.92 Å². The van der Waals surface area contributed by atoms with E-state index in [2.05, 4.69) is 13.0 Å². The molecule has 8 aliphatic rings. The minimum atomic E-state index is -1.71. The number of carbonyl (C=O) groups excluding carboxylic acids is 1. The van der Waals surface area contributed by atoms with Gasteiger partial charge in [-0.15, -0.1) is 0 Å². The molecule has 58 heavy (non-hydrogen) atoms. The summed E-state index contributed by atoms with van der Waals surface area (Å²) in [6, 6.07) is 0. The van der Waals surface area contributed by atoms with Crippen molar-refractivity contribution in [3.8, 4) is 0 Å². The smallest absolute Gasteiger partial charge is 0.309 e. The van der Waals surface area contributed by atoms with E-state index >= 15 is 0 Å². The first-order valence-electron chi connectivity index (χ1n) is 20.7. The molecule has 0 amide bonds. The summed E-state index contributed by atoms with van der Waals surface area (Å²) in [6.07, 6.45) is -9.71. The zero-order valence-corrected chi connectivity index (χ0v) is 33.3. The number of aliphatic hydroxyl groups is 7. The van der Waals surface area contributed by atoms with Gasteiger partial charge in [-0.2, -0.15) is 0 Å². The first-order valence-corrected chi connectivity index (χ1v) is 20.7. The predicted molar refractivity (Wildman–Crippen MR) is 194 cm³/mol. The molecule has 2 aliphatic carbocycles. The van der Waals surface area contributed by atoms with E-state index in [0.717, 1.165) is 31.3 Å². The second kappa shape index (κ2) is 16.8. The fraction of sp³-hybridized carbons (Fsp3) is 0.875. The van der Waals surface area contributed by atoms with Gasteiger partial charge in [-0.1, -0.05) is 18.6 Å². The van der Waals surface area contributed by atoms with Gasteiger partial charge in [-0.3, -0.25) is 4.79 Å². The van der Waals surface area contributed by atoms with E-state index in [1.807, 2.05) is 13.2 Å². The molecule has 21 atom stereocenters. The van der Waals surface area contributed by atoms with Gasteiger partial charge < -0.3 is 83.1 Å². The van der Waals surface area contributed by atoms with Gasteiger partial charge in [-0.05, 0) is 62.4 Å². The van der Waals surface area contributed by atoms with E-state index in [9.17, 15) is 40.5 Å². The van der Waals surface area contributed by atoms with E-state index in [1.165, 1.54) is 12.7 Å². The third-order valence-corrected chi connectivity index (χ3v) is 14.2. The van der Waals surface area contributed by atoms with Gasteiger partial charge in [0, 0.05) is 20.5 Å². The van der Waals surface area contributed by atoms with Gasteiger partial charge >= 0.3 is 5.97 Å². The highest BCUT2D eigenvalue weighted by molar-refractivity contribution is 5.74. The van der Waals surface area contributed by atoms with Crippen LogP contribution in [0.4, 0.5) is 0 Å². The Morgan fingerprint density at radius 2 is 1.62 bits per heavy atom. The minimum absolute atomic E-state index is 0.0933. The fourth-order valence-electron chi connectivity index (χ4n) is 10.8. The molecule has 18 nitrogen and oxygen atoms in total. The maximum absolute atomic E-state index is 13.7. The molecule has 6 aliphatic heterocycles. The Morgan fingerprint density at radius 3 is 2.36 bits per heavy atom. The molecular weight excluding hydrogens is 768 g/mol. The van der Waals surface area contributed by atoms with Crippen LogP contribution >= 0.6 is 0 Å². The first-order chi connectivity index (χ1) is 27.6. The summed E-state index contributed by atoms with van der Waals surface area (Å²) in [7, 11) is 1.52. The van der Waals surface area contributed by atoms with Crippen molar-refractivity contribution in [3.63, 3.8) is 0 Å². The maximum Gasteiger partial charge on any atom is 0.309 e. The van der Waals surface area contributed by atoms with Gasteiger partial charge in [0.1, 0.15) is 61.0 Å². The van der Waals surface area contributed by atoms with Crippen LogP contribution in [0.25, 0.3) is 0 Å². The number of allylic oxidation sites excluding steroid dienone is 1. The summed E-state index contributed by atoms with van der Waals surface area (Å²) in [5, 5.41) is 72.3. The summed E-state index contributed by atoms with van der Waals surface area (Å²) >= 11 is 0. The van der Waals surface area contributed by atoms with Crippen molar-refractivity contribution in [1.82, 2.24) is 0 Å². The molecule has 8 rings (SSSR count). The standard InChI is InChI=1S/C40H60O18/c1-17-35(58-38-34(47)32(45)30(43)26(57-38)15-50-37-33(46)31(44)29(42)24(13-41)56-37)23(49-4)12-27(53-17)54-20-9-10-39(2)19(11-20)6-7-21-22(39)8-5-18-14-51-40(3)28(18)25(16-52-40)55-36(21)48/h6,14,17,20-35,37-38,41-47H,5,7-13,15-16H2,1-4H3/t17-,20+,21-,22+,23-,24-,25?,26-,27+,28-,29-,30-,31+,32+,33-,34-,35-,37-,38+,39+,40+/m1/s1. The Balaban J connectivity index is 0.872. The molecule has 6 heterocycles. The Bertz CT molecular complexity index is 1540. The van der Waals surface area contributed by atoms with Crippen LogP contribution in [0.15, 0.2) is 23.5 Å². The number of hydrogen-bond acceptors (Lipinski definition) is 18. The van der Waals surface area contributed by atoms with E-state index < -0.39 is 105 Å². The quantitative estimate of drug-likeness (QED) is 0.112. The molecule has 1 unspecified atom stereocenters. The summed E-state index contributed by atoms with van der Waals surface area (Å²) in [5.41, 5.74) is 2.23. The number of fused-ring (bicyclic) bond motifs is 3. The number of ether oxygens (including phenoxy) is 10. The number of carbonyl (C=O) groups is 1. The molecule has 7 N–H and O–H groups in total. The van der Waals surface area contributed by atoms with Crippen molar-refractivity contribution in [2.75, 3.05) is 26.9 Å². The lowest BCUT2D eigenvalue weighted by Gasteiger charge is -2.51. The highest BCUT2D eigenvalue weighted by atomic mass is 16.8. The average Bonchev–Trinajstić information content (AvgIpc) is 3.72. The molecule has 0 aromatic carbocycles. The molecule has 0 radical (unpaired) electrons. The number of hydrogen-bond donors (Lipinski definition) is 7. The van der Waals surface area contributed by atoms with Crippen molar-refractivity contribution in [3.05, 3.63) is 23.5 Å². The molecule has 6 fully saturated rings. The van der Waals surface area contributed by atoms with Crippen molar-refractivity contribution in [1.29, 1.82) is 0 Å². The zero-order chi connectivity index (χ0) is 41.3. The van der Waals surface area contributed by atoms with Crippen LogP contribution in [0.5, 0.6) is 0 Å². The van der Waals surface area contributed by atoms with Crippen molar-refractivity contribution in [2.24, 2.45) is 23.2 Å². The molecule has 18 heteroatoms. The molecule has 328 valence electrons. The predicted octanol–water partition coefficient (Wildman–Crippen LogP) is -0.734. The topological polar surface area (TPSA) is 251 Å². The third-order valence-electron chi connectivity index (χ3n) is 14.2. The third kappa shape index (κ3) is 7.68. The molecule has 0 aromatic rings. The van der Waals surface area contributed by atoms with Gasteiger partial charge in [0.05, 0.1) is 56.2 Å². The van der Waals surface area contributed by atoms with Crippen LogP contribution in [0.2, 0.25) is 0 Å². The fourth-order valence-corrected chi connectivity index (χ4v) is 10.8. The SMILES string of the molecule is CO[C@@H]1C[C@H](O[C@H]2CC[C@@]3(C)C(=CC[C@H]4C(=O)OC5CO[C@]6(C)OC=C(CC[C@@H]43)[C@H]56)C2)O[C@H](C)[C@H]1O[C@@H]1O[C@H](CO[C@@H]2O[C@H](CO)[C@@H](O)[C@H](O)[C@H]2O)[C@@H](O)[C@H](O)[C@H]1O. The van der Waals surface area contributed by atoms with Crippen molar-refractivity contribution < 1.29 is 87.9 Å². The molecular formula is C40H60O18. The molecule has 0 bridgehead atoms. The van der Waals surface area contributed by atoms with Crippen LogP contribution in [-0.2, 0) is 52.2 Å². The number of methoxy groups -OCH3 is 1. The number of rotatable bonds is 9. The lowest BCUT2D eigenvalue weighted by atomic mass is 9.55. The van der Waals surface area contributed by atoms with Crippen LogP contribution in [0.1, 0.15) is 65.7 Å². The normalized spacial score (nSPS) is 51.8. The van der Waals surface area contributed by atoms with Crippen LogP contribution < -0.4 is 0 Å². The van der Waals surface area contributed by atoms with E-state index in [0.29, 0.717) is 19.4 Å². The van der Waals surface area contributed by atoms with Gasteiger partial charge in [0.25, 0.3) is 0 Å². The number of esters is 1. The zero-order valence-electron chi connectivity index (χ0n) is 33.3. The largest absolute Gasteiger partial charge is 0.469 e. The second-order valence-corrected chi connectivity index (χ2v) is 17.7. The lowest BCUT2D eigenvalue weighted by molar-refractivity contribution is -0.354. The van der Waals surface area contributed by atoms with Crippen LogP contribution in [0, 0.1) is 23.2 Å². The van der Waals surface area contributed by atoms with Crippen molar-refractivity contribution in [2.45, 2.75) is 170 Å². The first kappa shape index (κ1) is 42.8. The van der Waals surface area contributed by atoms with Crippen LogP contribution in [0.3, 0.4) is 0 Å². The number of aliphatic hydroxyl groups excluding tert-OH is 7. The molecule has 1 saturated carbocycles. The lowest BCUT2D eigenvalue weighted by Crippen LogP contribution is -2.63. The molecule has 0 spiro atoms. The minimum Gasteiger partial charge on any atom is -0.469 e. The van der Waals surface area contributed by atoms with E-state index in [-0.39, 0.29) is 47.8 Å². The maximum atomic E-state index is 13.7. The van der Waals surface area contributed by atoms with Crippen LogP contribution in [-0.4, -0.2) is 173 Å². The summed E-state index contributed by atoms with van der Waals surface area (Å²) < 4.78 is 59.8. The second-order valence-electron chi connectivity index (χ2n) is 17.7. The van der Waals surface area contributed by atoms with Gasteiger partial charge in [-0.25, -0.2) is 0 Å². The monoisotopic (exact) mass is 828 g/mol. The van der Waals surface area contributed by atoms with Gasteiger partial charge in [0.15, 0.2) is 18.9 Å². The Hall–Kier alpha value is -1.85. The van der Waals surface area contributed by atoms with Gasteiger partial charge in [0.2, 0.25) is 5.79 Å². The molecule has 5 saturated heterocycles. The molecule has 0 aromatic heterocycles. The Kier molecular flexibility index (Phi) is 12.4. The average molecular weight is 829 g/mol. The summed E-state index contributed by atoms with van der Waals surface area (Å²) in [6.45, 7) is 5.15. The highest BCUT2D eigenvalue weighted by Crippen LogP contribution is 2.57. The Morgan fingerprint density at radius 1 is 0.897 bits per heavy atom. The van der Waals surface area contributed by atoms with E-state index in [4.69, 9.17) is 47.4 Å². The summed E-state index contributed by atoms with van der Waals surface area (Å²) in [4.78, 5) is 13.7. The highest BCUT2D eigenvalue weighted by Gasteiger charge is 2.58. The Labute approximate surface area is 336 Å². The van der Waals surface area contributed by atoms with Crippen molar-refractivity contribution >= 4 is 5.97 Å².